The number of halogens is 2. The van der Waals surface area contributed by atoms with Gasteiger partial charge in [-0.1, -0.05) is 5.92 Å². The van der Waals surface area contributed by atoms with Crippen LogP contribution in [-0.2, 0) is 6.54 Å². The van der Waals surface area contributed by atoms with Gasteiger partial charge in [0.15, 0.2) is 0 Å². The van der Waals surface area contributed by atoms with Gasteiger partial charge in [0.05, 0.1) is 16.9 Å². The van der Waals surface area contributed by atoms with Crippen molar-refractivity contribution in [3.05, 3.63) is 52.7 Å². The van der Waals surface area contributed by atoms with Crippen LogP contribution in [0, 0.1) is 12.3 Å². The zero-order valence-corrected chi connectivity index (χ0v) is 17.0. The first kappa shape index (κ1) is 18.9. The Labute approximate surface area is 176 Å². The van der Waals surface area contributed by atoms with Gasteiger partial charge in [0, 0.05) is 56.8 Å². The molecule has 0 amide bonds. The second-order valence-corrected chi connectivity index (χ2v) is 8.50. The second-order valence-electron chi connectivity index (χ2n) is 7.37. The van der Waals surface area contributed by atoms with E-state index in [1.807, 2.05) is 18.2 Å². The number of fused-ring (bicyclic) bond motifs is 5. The molecule has 3 aromatic heterocycles. The van der Waals surface area contributed by atoms with Crippen LogP contribution >= 0.6 is 11.3 Å². The van der Waals surface area contributed by atoms with E-state index < -0.39 is 6.43 Å². The fourth-order valence-electron chi connectivity index (χ4n) is 3.85. The van der Waals surface area contributed by atoms with Crippen LogP contribution in [0.5, 0.6) is 0 Å². The Balaban J connectivity index is 1.70. The molecule has 4 aromatic rings. The third-order valence-corrected chi connectivity index (χ3v) is 6.54. The van der Waals surface area contributed by atoms with Crippen molar-refractivity contribution >= 4 is 38.0 Å². The molecule has 0 fully saturated rings. The molecule has 1 aliphatic rings. The van der Waals surface area contributed by atoms with E-state index in [1.54, 1.807) is 17.4 Å². The van der Waals surface area contributed by atoms with Crippen LogP contribution in [0.15, 0.2) is 36.5 Å². The van der Waals surface area contributed by atoms with Crippen molar-refractivity contribution in [2.45, 2.75) is 25.9 Å². The minimum atomic E-state index is -2.66. The summed E-state index contributed by atoms with van der Waals surface area (Å²) >= 11 is 1.76. The highest BCUT2D eigenvalue weighted by Crippen LogP contribution is 2.41. The standard InChI is InChI=1S/C23H18F2N4S/c1-3-13-8-15(16(10-27-13)23(24)25)18-5-4-14-17(29-18)6-7-19-21(14)22-20(30-19)11-26-12(2)9-28-22/h1,4-8,10,12,23,26,28H,9,11H2,2H3/t12-/m1/s1. The number of aromatic nitrogens is 2. The van der Waals surface area contributed by atoms with Gasteiger partial charge in [-0.3, -0.25) is 0 Å². The first-order chi connectivity index (χ1) is 14.5. The van der Waals surface area contributed by atoms with Crippen molar-refractivity contribution in [3.63, 3.8) is 0 Å². The molecule has 5 rings (SSSR count). The van der Waals surface area contributed by atoms with Gasteiger partial charge in [0.25, 0.3) is 6.43 Å². The van der Waals surface area contributed by atoms with Crippen LogP contribution in [0.25, 0.3) is 32.2 Å². The van der Waals surface area contributed by atoms with E-state index in [0.717, 1.165) is 41.3 Å². The van der Waals surface area contributed by atoms with Gasteiger partial charge in [-0.2, -0.15) is 0 Å². The summed E-state index contributed by atoms with van der Waals surface area (Å²) in [4.78, 5) is 9.88. The number of alkyl halides is 2. The zero-order chi connectivity index (χ0) is 20.8. The van der Waals surface area contributed by atoms with Crippen molar-refractivity contribution in [1.82, 2.24) is 15.3 Å². The normalized spacial score (nSPS) is 16.3. The van der Waals surface area contributed by atoms with Crippen LogP contribution in [-0.4, -0.2) is 22.6 Å². The molecule has 7 heteroatoms. The molecule has 0 unspecified atom stereocenters. The quantitative estimate of drug-likeness (QED) is 0.430. The van der Waals surface area contributed by atoms with Crippen molar-refractivity contribution < 1.29 is 8.78 Å². The number of hydrogen-bond donors (Lipinski definition) is 2. The summed E-state index contributed by atoms with van der Waals surface area (Å²) in [5.74, 6) is 2.41. The number of anilines is 1. The number of terminal acetylenes is 1. The molecule has 2 N–H and O–H groups in total. The van der Waals surface area contributed by atoms with E-state index in [9.17, 15) is 8.78 Å². The largest absolute Gasteiger partial charge is 0.382 e. The average molecular weight is 420 g/mol. The lowest BCUT2D eigenvalue weighted by molar-refractivity contribution is 0.151. The highest BCUT2D eigenvalue weighted by Gasteiger charge is 2.20. The number of pyridine rings is 2. The molecule has 0 bridgehead atoms. The highest BCUT2D eigenvalue weighted by molar-refractivity contribution is 7.20. The lowest BCUT2D eigenvalue weighted by atomic mass is 10.0. The van der Waals surface area contributed by atoms with Crippen LogP contribution in [0.2, 0.25) is 0 Å². The zero-order valence-electron chi connectivity index (χ0n) is 16.2. The maximum Gasteiger partial charge on any atom is 0.265 e. The van der Waals surface area contributed by atoms with E-state index in [2.05, 4.69) is 28.5 Å². The lowest BCUT2D eigenvalue weighted by Gasteiger charge is -2.11. The van der Waals surface area contributed by atoms with Gasteiger partial charge in [0.1, 0.15) is 5.69 Å². The minimum Gasteiger partial charge on any atom is -0.382 e. The smallest absolute Gasteiger partial charge is 0.265 e. The summed E-state index contributed by atoms with van der Waals surface area (Å²) in [6.07, 6.45) is 3.90. The van der Waals surface area contributed by atoms with E-state index in [4.69, 9.17) is 11.4 Å². The predicted octanol–water partition coefficient (Wildman–Crippen LogP) is 5.33. The monoisotopic (exact) mass is 420 g/mol. The van der Waals surface area contributed by atoms with Gasteiger partial charge >= 0.3 is 0 Å². The summed E-state index contributed by atoms with van der Waals surface area (Å²) in [6.45, 7) is 3.81. The molecule has 1 aliphatic heterocycles. The van der Waals surface area contributed by atoms with Gasteiger partial charge in [-0.15, -0.1) is 17.8 Å². The second kappa shape index (κ2) is 7.31. The molecule has 1 atom stereocenters. The molecule has 0 radical (unpaired) electrons. The number of benzene rings is 1. The maximum absolute atomic E-state index is 13.6. The summed E-state index contributed by atoms with van der Waals surface area (Å²) < 4.78 is 28.3. The van der Waals surface area contributed by atoms with E-state index in [0.29, 0.717) is 23.0 Å². The minimum absolute atomic E-state index is 0.173. The highest BCUT2D eigenvalue weighted by atomic mass is 32.1. The third kappa shape index (κ3) is 3.09. The Bertz CT molecular complexity index is 1320. The predicted molar refractivity (Wildman–Crippen MR) is 118 cm³/mol. The van der Waals surface area contributed by atoms with Gasteiger partial charge < -0.3 is 10.6 Å². The Hall–Kier alpha value is -3.08. The van der Waals surface area contributed by atoms with Gasteiger partial charge in [0.2, 0.25) is 0 Å². The van der Waals surface area contributed by atoms with Crippen molar-refractivity contribution in [2.75, 3.05) is 11.9 Å². The fraction of sp³-hybridized carbons (Fsp3) is 0.217. The molecule has 150 valence electrons. The topological polar surface area (TPSA) is 49.8 Å². The van der Waals surface area contributed by atoms with Gasteiger partial charge in [-0.05, 0) is 37.3 Å². The van der Waals surface area contributed by atoms with Gasteiger partial charge in [-0.25, -0.2) is 18.7 Å². The van der Waals surface area contributed by atoms with Crippen molar-refractivity contribution in [1.29, 1.82) is 0 Å². The number of nitrogens with zero attached hydrogens (tertiary/aromatic N) is 2. The summed E-state index contributed by atoms with van der Waals surface area (Å²) in [6, 6.07) is 9.61. The molecule has 4 heterocycles. The molecule has 1 aromatic carbocycles. The van der Waals surface area contributed by atoms with Crippen LogP contribution in [0.1, 0.15) is 29.5 Å². The number of rotatable bonds is 2. The Morgan fingerprint density at radius 1 is 1.27 bits per heavy atom. The van der Waals surface area contributed by atoms with E-state index >= 15 is 0 Å². The summed E-state index contributed by atoms with van der Waals surface area (Å²) in [5, 5.41) is 9.21. The molecular formula is C23H18F2N4S. The van der Waals surface area contributed by atoms with Crippen molar-refractivity contribution in [2.24, 2.45) is 0 Å². The van der Waals surface area contributed by atoms with E-state index in [1.165, 1.54) is 15.6 Å². The molecule has 0 aliphatic carbocycles. The Kier molecular flexibility index (Phi) is 4.61. The van der Waals surface area contributed by atoms with Crippen LogP contribution < -0.4 is 10.6 Å². The molecular weight excluding hydrogens is 402 g/mol. The molecule has 0 saturated heterocycles. The summed E-state index contributed by atoms with van der Waals surface area (Å²) in [7, 11) is 0. The average Bonchev–Trinajstić information content (AvgIpc) is 3.03. The van der Waals surface area contributed by atoms with Crippen LogP contribution in [0.3, 0.4) is 0 Å². The maximum atomic E-state index is 13.6. The molecule has 0 spiro atoms. The first-order valence-corrected chi connectivity index (χ1v) is 10.4. The number of thiophene rings is 1. The SMILES string of the molecule is C#Cc1cc(-c2ccc3c(ccc4sc5c(c43)NC[C@@H](C)NC5)n2)c(C(F)F)cn1. The third-order valence-electron chi connectivity index (χ3n) is 5.38. The Morgan fingerprint density at radius 3 is 2.93 bits per heavy atom. The van der Waals surface area contributed by atoms with Crippen LogP contribution in [0.4, 0.5) is 14.5 Å². The number of nitrogens with one attached hydrogen (secondary N) is 2. The summed E-state index contributed by atoms with van der Waals surface area (Å²) in [5.41, 5.74) is 2.80. The lowest BCUT2D eigenvalue weighted by Crippen LogP contribution is -2.29. The van der Waals surface area contributed by atoms with E-state index in [-0.39, 0.29) is 5.56 Å². The van der Waals surface area contributed by atoms with Crippen molar-refractivity contribution in [3.8, 4) is 23.6 Å². The fourth-order valence-corrected chi connectivity index (χ4v) is 4.99. The first-order valence-electron chi connectivity index (χ1n) is 9.62. The molecule has 4 nitrogen and oxygen atoms in total. The molecule has 0 saturated carbocycles. The molecule has 30 heavy (non-hydrogen) atoms. The number of hydrogen-bond acceptors (Lipinski definition) is 5. The Morgan fingerprint density at radius 2 is 2.13 bits per heavy atom.